The van der Waals surface area contributed by atoms with Crippen LogP contribution in [-0.2, 0) is 0 Å². The maximum absolute atomic E-state index is 5.24. The number of rotatable bonds is 1. The summed E-state index contributed by atoms with van der Waals surface area (Å²) in [6.07, 6.45) is 0. The molecule has 1 N–H and O–H groups in total. The van der Waals surface area contributed by atoms with Crippen LogP contribution in [0, 0.1) is 18.6 Å². The normalized spacial score (nSPS) is 11.2. The maximum Gasteiger partial charge on any atom is 0.215 e. The molecule has 0 amide bonds. The fraction of sp³-hybridized carbons (Fsp3) is 0.167. The first-order valence-electron chi connectivity index (χ1n) is 5.29. The Kier molecular flexibility index (Phi) is 2.38. The van der Waals surface area contributed by atoms with Gasteiger partial charge in [-0.2, -0.15) is 0 Å². The molecule has 3 rings (SSSR count). The van der Waals surface area contributed by atoms with E-state index in [0.29, 0.717) is 4.77 Å². The van der Waals surface area contributed by atoms with E-state index >= 15 is 0 Å². The number of H-pyrrole nitrogens is 1. The molecule has 0 aliphatic rings. The molecule has 0 radical (unpaired) electrons. The smallest absolute Gasteiger partial charge is 0.215 e. The van der Waals surface area contributed by atoms with Crippen molar-refractivity contribution in [2.45, 2.75) is 13.8 Å². The molecule has 0 aliphatic carbocycles. The molecule has 0 aliphatic heterocycles. The molecule has 0 atom stereocenters. The first-order valence-corrected chi connectivity index (χ1v) is 6.58. The van der Waals surface area contributed by atoms with Crippen LogP contribution < -0.4 is 0 Å². The Bertz CT molecular complexity index is 749. The fourth-order valence-corrected chi connectivity index (χ4v) is 2.97. The molecule has 2 heterocycles. The number of hydrogen-bond acceptors (Lipinski definition) is 3. The van der Waals surface area contributed by atoms with Crippen molar-refractivity contribution < 1.29 is 0 Å². The molecule has 0 saturated heterocycles. The minimum atomic E-state index is 0.648. The van der Waals surface area contributed by atoms with Gasteiger partial charge in [-0.1, -0.05) is 12.1 Å². The highest BCUT2D eigenvalue weighted by Crippen LogP contribution is 2.26. The predicted octanol–water partition coefficient (Wildman–Crippen LogP) is 3.74. The molecular weight excluding hydrogens is 250 g/mol. The van der Waals surface area contributed by atoms with Crippen LogP contribution >= 0.6 is 23.6 Å². The monoisotopic (exact) mass is 261 g/mol. The van der Waals surface area contributed by atoms with Gasteiger partial charge in [0.25, 0.3) is 0 Å². The summed E-state index contributed by atoms with van der Waals surface area (Å²) in [6, 6.07) is 6.45. The largest absolute Gasteiger partial charge is 0.259 e. The van der Waals surface area contributed by atoms with Crippen LogP contribution in [0.2, 0.25) is 0 Å². The van der Waals surface area contributed by atoms with Gasteiger partial charge in [-0.05, 0) is 48.8 Å². The molecule has 3 nitrogen and oxygen atoms in total. The molecule has 0 spiro atoms. The van der Waals surface area contributed by atoms with Gasteiger partial charge in [0.15, 0.2) is 0 Å². The van der Waals surface area contributed by atoms with Crippen molar-refractivity contribution in [3.63, 3.8) is 0 Å². The molecule has 2 aromatic heterocycles. The van der Waals surface area contributed by atoms with Crippen LogP contribution in [0.4, 0.5) is 0 Å². The zero-order valence-corrected chi connectivity index (χ0v) is 11.2. The summed E-state index contributed by atoms with van der Waals surface area (Å²) in [6.45, 7) is 4.24. The number of aryl methyl sites for hydroxylation is 2. The molecule has 0 fully saturated rings. The van der Waals surface area contributed by atoms with E-state index in [1.807, 2.05) is 4.40 Å². The van der Waals surface area contributed by atoms with Gasteiger partial charge in [0.05, 0.1) is 5.69 Å². The molecular formula is C12H11N3S2. The van der Waals surface area contributed by atoms with Crippen LogP contribution in [0.3, 0.4) is 0 Å². The highest BCUT2D eigenvalue weighted by atomic mass is 32.1. The van der Waals surface area contributed by atoms with Gasteiger partial charge >= 0.3 is 0 Å². The highest BCUT2D eigenvalue weighted by Gasteiger charge is 2.09. The number of fused-ring (bicyclic) bond motifs is 1. The summed E-state index contributed by atoms with van der Waals surface area (Å²) in [4.78, 5) is 0.906. The van der Waals surface area contributed by atoms with Crippen molar-refractivity contribution >= 4 is 28.5 Å². The SMILES string of the molecule is Cc1ccc(-c2csc3n[nH]c(=S)n23)cc1C. The van der Waals surface area contributed by atoms with E-state index in [-0.39, 0.29) is 0 Å². The second-order valence-electron chi connectivity index (χ2n) is 4.07. The van der Waals surface area contributed by atoms with E-state index < -0.39 is 0 Å². The molecule has 0 saturated carbocycles. The highest BCUT2D eigenvalue weighted by molar-refractivity contribution is 7.71. The van der Waals surface area contributed by atoms with Crippen molar-refractivity contribution in [3.8, 4) is 11.3 Å². The van der Waals surface area contributed by atoms with Crippen LogP contribution in [-0.4, -0.2) is 14.6 Å². The fourth-order valence-electron chi connectivity index (χ4n) is 1.83. The lowest BCUT2D eigenvalue weighted by atomic mass is 10.1. The zero-order valence-electron chi connectivity index (χ0n) is 9.52. The van der Waals surface area contributed by atoms with Crippen molar-refractivity contribution in [1.82, 2.24) is 14.6 Å². The van der Waals surface area contributed by atoms with Gasteiger partial charge in [0, 0.05) is 5.38 Å². The van der Waals surface area contributed by atoms with Gasteiger partial charge in [-0.3, -0.25) is 9.50 Å². The van der Waals surface area contributed by atoms with Crippen LogP contribution in [0.25, 0.3) is 16.2 Å². The van der Waals surface area contributed by atoms with E-state index in [1.54, 1.807) is 11.3 Å². The van der Waals surface area contributed by atoms with Crippen molar-refractivity contribution in [2.24, 2.45) is 0 Å². The second-order valence-corrected chi connectivity index (χ2v) is 5.29. The van der Waals surface area contributed by atoms with E-state index in [1.165, 1.54) is 16.7 Å². The standard InChI is InChI=1S/C12H11N3S2/c1-7-3-4-9(5-8(7)2)10-6-17-12-14-13-11(16)15(10)12/h3-6H,1-2H3,(H,13,16). The third-order valence-electron chi connectivity index (χ3n) is 2.96. The summed E-state index contributed by atoms with van der Waals surface area (Å²) in [5.74, 6) is 0. The average Bonchev–Trinajstić information content (AvgIpc) is 2.86. The molecule has 17 heavy (non-hydrogen) atoms. The van der Waals surface area contributed by atoms with Crippen molar-refractivity contribution in [3.05, 3.63) is 39.5 Å². The lowest BCUT2D eigenvalue weighted by Gasteiger charge is -2.04. The predicted molar refractivity (Wildman–Crippen MR) is 73.2 cm³/mol. The average molecular weight is 261 g/mol. The van der Waals surface area contributed by atoms with Gasteiger partial charge in [0.1, 0.15) is 0 Å². The summed E-state index contributed by atoms with van der Waals surface area (Å²) in [7, 11) is 0. The third kappa shape index (κ3) is 1.62. The Morgan fingerprint density at radius 1 is 1.29 bits per heavy atom. The lowest BCUT2D eigenvalue weighted by Crippen LogP contribution is -1.88. The van der Waals surface area contributed by atoms with E-state index in [4.69, 9.17) is 12.2 Å². The molecule has 3 aromatic rings. The second kappa shape index (κ2) is 3.78. The molecule has 0 bridgehead atoms. The summed E-state index contributed by atoms with van der Waals surface area (Å²) in [5.41, 5.74) is 4.87. The summed E-state index contributed by atoms with van der Waals surface area (Å²) >= 11 is 6.83. The van der Waals surface area contributed by atoms with Gasteiger partial charge in [-0.15, -0.1) is 16.4 Å². The van der Waals surface area contributed by atoms with E-state index in [0.717, 1.165) is 10.7 Å². The number of aromatic amines is 1. The van der Waals surface area contributed by atoms with Crippen molar-refractivity contribution in [1.29, 1.82) is 0 Å². The summed E-state index contributed by atoms with van der Waals surface area (Å²) < 4.78 is 2.62. The van der Waals surface area contributed by atoms with Gasteiger partial charge < -0.3 is 0 Å². The number of aromatic nitrogens is 3. The Labute approximate surface area is 108 Å². The third-order valence-corrected chi connectivity index (χ3v) is 4.06. The minimum Gasteiger partial charge on any atom is -0.259 e. The number of thiazole rings is 1. The quantitative estimate of drug-likeness (QED) is 0.677. The number of nitrogens with one attached hydrogen (secondary N) is 1. The van der Waals surface area contributed by atoms with Crippen LogP contribution in [0.1, 0.15) is 11.1 Å². The Morgan fingerprint density at radius 2 is 2.12 bits per heavy atom. The lowest BCUT2D eigenvalue weighted by molar-refractivity contribution is 1.08. The van der Waals surface area contributed by atoms with Crippen LogP contribution in [0.15, 0.2) is 23.6 Å². The number of benzene rings is 1. The molecule has 5 heteroatoms. The Hall–Kier alpha value is -1.46. The van der Waals surface area contributed by atoms with Gasteiger partial charge in [-0.25, -0.2) is 0 Å². The number of hydrogen-bond donors (Lipinski definition) is 1. The maximum atomic E-state index is 5.24. The molecule has 1 aromatic carbocycles. The Morgan fingerprint density at radius 3 is 2.88 bits per heavy atom. The molecule has 86 valence electrons. The first kappa shape index (κ1) is 10.7. The zero-order chi connectivity index (χ0) is 12.0. The van der Waals surface area contributed by atoms with E-state index in [9.17, 15) is 0 Å². The minimum absolute atomic E-state index is 0.648. The van der Waals surface area contributed by atoms with Crippen LogP contribution in [0.5, 0.6) is 0 Å². The first-order chi connectivity index (χ1) is 8.16. The van der Waals surface area contributed by atoms with E-state index in [2.05, 4.69) is 47.6 Å². The van der Waals surface area contributed by atoms with Crippen molar-refractivity contribution in [2.75, 3.05) is 0 Å². The topological polar surface area (TPSA) is 33.1 Å². The van der Waals surface area contributed by atoms with Gasteiger partial charge in [0.2, 0.25) is 9.73 Å². The number of nitrogens with zero attached hydrogens (tertiary/aromatic N) is 2. The molecule has 0 unspecified atom stereocenters. The Balaban J connectivity index is 2.30. The summed E-state index contributed by atoms with van der Waals surface area (Å²) in [5, 5.41) is 9.08.